The number of carbonyl (C=O) groups is 1. The molecule has 0 saturated heterocycles. The van der Waals surface area contributed by atoms with Gasteiger partial charge < -0.3 is 10.1 Å². The third-order valence-corrected chi connectivity index (χ3v) is 4.80. The van der Waals surface area contributed by atoms with E-state index in [0.29, 0.717) is 27.9 Å². The lowest BCUT2D eigenvalue weighted by atomic mass is 10.1. The van der Waals surface area contributed by atoms with Gasteiger partial charge >= 0.3 is 0 Å². The molecule has 1 N–H and O–H groups in total. The number of benzene rings is 2. The molecular formula is C21H25Cl2NO2. The summed E-state index contributed by atoms with van der Waals surface area (Å²) >= 11 is 11.8. The Kier molecular flexibility index (Phi) is 8.79. The summed E-state index contributed by atoms with van der Waals surface area (Å²) in [6.07, 6.45) is 7.41. The molecule has 0 radical (unpaired) electrons. The first-order valence-electron chi connectivity index (χ1n) is 9.09. The number of hydrogen-bond donors (Lipinski definition) is 1. The molecule has 26 heavy (non-hydrogen) atoms. The first-order chi connectivity index (χ1) is 12.6. The molecule has 0 spiro atoms. The molecule has 0 heterocycles. The molecule has 2 aromatic rings. The summed E-state index contributed by atoms with van der Waals surface area (Å²) in [6.45, 7) is 2.93. The number of rotatable bonds is 10. The second kappa shape index (κ2) is 11.1. The van der Waals surface area contributed by atoms with E-state index < -0.39 is 0 Å². The zero-order valence-electron chi connectivity index (χ0n) is 15.1. The smallest absolute Gasteiger partial charge is 0.255 e. The number of nitrogens with one attached hydrogen (secondary N) is 1. The second-order valence-electron chi connectivity index (χ2n) is 6.22. The van der Waals surface area contributed by atoms with Crippen molar-refractivity contribution in [2.75, 3.05) is 11.9 Å². The molecule has 5 heteroatoms. The van der Waals surface area contributed by atoms with Gasteiger partial charge in [0.15, 0.2) is 0 Å². The van der Waals surface area contributed by atoms with Crippen molar-refractivity contribution in [2.45, 2.75) is 45.4 Å². The monoisotopic (exact) mass is 393 g/mol. The Hall–Kier alpha value is -1.71. The van der Waals surface area contributed by atoms with Crippen molar-refractivity contribution >= 4 is 34.8 Å². The summed E-state index contributed by atoms with van der Waals surface area (Å²) in [7, 11) is 0. The van der Waals surface area contributed by atoms with Crippen LogP contribution in [0.15, 0.2) is 42.5 Å². The topological polar surface area (TPSA) is 38.3 Å². The third-order valence-electron chi connectivity index (χ3n) is 4.06. The average Bonchev–Trinajstić information content (AvgIpc) is 2.64. The number of unbranched alkanes of at least 4 members (excludes halogenated alkanes) is 5. The van der Waals surface area contributed by atoms with Crippen LogP contribution < -0.4 is 10.1 Å². The summed E-state index contributed by atoms with van der Waals surface area (Å²) < 4.78 is 5.73. The minimum absolute atomic E-state index is 0.203. The standard InChI is InChI=1S/C21H25Cl2NO2/c1-2-3-4-5-6-7-14-26-18-11-8-16(9-12-18)21(25)24-17-10-13-19(22)20(23)15-17/h8-13,15H,2-7,14H2,1H3,(H,24,25). The molecular weight excluding hydrogens is 369 g/mol. The van der Waals surface area contributed by atoms with Gasteiger partial charge in [-0.25, -0.2) is 0 Å². The predicted molar refractivity (Wildman–Crippen MR) is 110 cm³/mol. The van der Waals surface area contributed by atoms with Gasteiger partial charge in [-0.1, -0.05) is 62.2 Å². The summed E-state index contributed by atoms with van der Waals surface area (Å²) in [4.78, 5) is 12.3. The van der Waals surface area contributed by atoms with E-state index >= 15 is 0 Å². The number of carbonyl (C=O) groups excluding carboxylic acids is 1. The third kappa shape index (κ3) is 6.89. The van der Waals surface area contributed by atoms with Crippen LogP contribution in [0.3, 0.4) is 0 Å². The number of hydrogen-bond acceptors (Lipinski definition) is 2. The van der Waals surface area contributed by atoms with E-state index in [0.717, 1.165) is 12.2 Å². The SMILES string of the molecule is CCCCCCCCOc1ccc(C(=O)Nc2ccc(Cl)c(Cl)c2)cc1. The van der Waals surface area contributed by atoms with Crippen LogP contribution in [-0.4, -0.2) is 12.5 Å². The van der Waals surface area contributed by atoms with Gasteiger partial charge in [-0.2, -0.15) is 0 Å². The molecule has 0 bridgehead atoms. The molecule has 2 aromatic carbocycles. The van der Waals surface area contributed by atoms with Gasteiger partial charge in [0.25, 0.3) is 5.91 Å². The molecule has 0 unspecified atom stereocenters. The van der Waals surface area contributed by atoms with Crippen molar-refractivity contribution in [1.82, 2.24) is 0 Å². The number of halogens is 2. The van der Waals surface area contributed by atoms with Gasteiger partial charge in [0.05, 0.1) is 16.7 Å². The van der Waals surface area contributed by atoms with Crippen molar-refractivity contribution in [2.24, 2.45) is 0 Å². The largest absolute Gasteiger partial charge is 0.494 e. The molecule has 2 rings (SSSR count). The quantitative estimate of drug-likeness (QED) is 0.441. The molecule has 0 saturated carbocycles. The maximum absolute atomic E-state index is 12.3. The highest BCUT2D eigenvalue weighted by atomic mass is 35.5. The van der Waals surface area contributed by atoms with E-state index in [1.54, 1.807) is 30.3 Å². The van der Waals surface area contributed by atoms with E-state index in [2.05, 4.69) is 12.2 Å². The van der Waals surface area contributed by atoms with Crippen molar-refractivity contribution in [3.05, 3.63) is 58.1 Å². The first-order valence-corrected chi connectivity index (χ1v) is 9.85. The number of amides is 1. The summed E-state index contributed by atoms with van der Waals surface area (Å²) in [5.74, 6) is 0.579. The Bertz CT molecular complexity index is 702. The van der Waals surface area contributed by atoms with E-state index in [1.165, 1.54) is 32.1 Å². The van der Waals surface area contributed by atoms with Crippen LogP contribution in [0.4, 0.5) is 5.69 Å². The van der Waals surface area contributed by atoms with Crippen molar-refractivity contribution < 1.29 is 9.53 Å². The zero-order valence-corrected chi connectivity index (χ0v) is 16.6. The van der Waals surface area contributed by atoms with E-state index in [4.69, 9.17) is 27.9 Å². The molecule has 0 aromatic heterocycles. The Morgan fingerprint density at radius 3 is 2.31 bits per heavy atom. The van der Waals surface area contributed by atoms with Crippen molar-refractivity contribution in [1.29, 1.82) is 0 Å². The van der Waals surface area contributed by atoms with Crippen LogP contribution in [0.25, 0.3) is 0 Å². The second-order valence-corrected chi connectivity index (χ2v) is 7.04. The molecule has 0 aliphatic heterocycles. The van der Waals surface area contributed by atoms with Crippen molar-refractivity contribution in [3.8, 4) is 5.75 Å². The average molecular weight is 394 g/mol. The highest BCUT2D eigenvalue weighted by Crippen LogP contribution is 2.25. The van der Waals surface area contributed by atoms with Crippen LogP contribution in [0.2, 0.25) is 10.0 Å². The Morgan fingerprint density at radius 2 is 1.62 bits per heavy atom. The number of ether oxygens (including phenoxy) is 1. The molecule has 140 valence electrons. The minimum atomic E-state index is -0.203. The van der Waals surface area contributed by atoms with Gasteiger partial charge in [-0.05, 0) is 48.9 Å². The minimum Gasteiger partial charge on any atom is -0.494 e. The van der Waals surface area contributed by atoms with Gasteiger partial charge in [-0.3, -0.25) is 4.79 Å². The van der Waals surface area contributed by atoms with E-state index in [9.17, 15) is 4.79 Å². The lowest BCUT2D eigenvalue weighted by molar-refractivity contribution is 0.102. The fraction of sp³-hybridized carbons (Fsp3) is 0.381. The normalized spacial score (nSPS) is 10.6. The van der Waals surface area contributed by atoms with Crippen LogP contribution >= 0.6 is 23.2 Å². The van der Waals surface area contributed by atoms with Gasteiger partial charge in [0, 0.05) is 11.3 Å². The predicted octanol–water partition coefficient (Wildman–Crippen LogP) is 6.99. The summed E-state index contributed by atoms with van der Waals surface area (Å²) in [6, 6.07) is 12.1. The molecule has 0 fully saturated rings. The first kappa shape index (κ1) is 20.6. The van der Waals surface area contributed by atoms with Gasteiger partial charge in [-0.15, -0.1) is 0 Å². The molecule has 3 nitrogen and oxygen atoms in total. The molecule has 0 atom stereocenters. The number of anilines is 1. The van der Waals surface area contributed by atoms with Crippen molar-refractivity contribution in [3.63, 3.8) is 0 Å². The van der Waals surface area contributed by atoms with E-state index in [1.807, 2.05) is 12.1 Å². The summed E-state index contributed by atoms with van der Waals surface area (Å²) in [5, 5.41) is 3.66. The molecule has 0 aliphatic rings. The lowest BCUT2D eigenvalue weighted by Gasteiger charge is -2.09. The summed E-state index contributed by atoms with van der Waals surface area (Å²) in [5.41, 5.74) is 1.16. The van der Waals surface area contributed by atoms with Gasteiger partial charge in [0.1, 0.15) is 5.75 Å². The maximum Gasteiger partial charge on any atom is 0.255 e. The highest BCUT2D eigenvalue weighted by Gasteiger charge is 2.08. The van der Waals surface area contributed by atoms with Crippen LogP contribution in [0.5, 0.6) is 5.75 Å². The molecule has 0 aliphatic carbocycles. The maximum atomic E-state index is 12.3. The molecule has 1 amide bonds. The van der Waals surface area contributed by atoms with Crippen LogP contribution in [-0.2, 0) is 0 Å². The lowest BCUT2D eigenvalue weighted by Crippen LogP contribution is -2.11. The Labute approximate surface area is 165 Å². The van der Waals surface area contributed by atoms with Crippen LogP contribution in [0.1, 0.15) is 55.8 Å². The van der Waals surface area contributed by atoms with Gasteiger partial charge in [0.2, 0.25) is 0 Å². The Morgan fingerprint density at radius 1 is 0.923 bits per heavy atom. The highest BCUT2D eigenvalue weighted by molar-refractivity contribution is 6.42. The fourth-order valence-electron chi connectivity index (χ4n) is 2.55. The fourth-order valence-corrected chi connectivity index (χ4v) is 2.85. The van der Waals surface area contributed by atoms with Crippen LogP contribution in [0, 0.1) is 0 Å². The van der Waals surface area contributed by atoms with E-state index in [-0.39, 0.29) is 5.91 Å². The Balaban J connectivity index is 1.77. The zero-order chi connectivity index (χ0) is 18.8.